The Morgan fingerprint density at radius 1 is 1.30 bits per heavy atom. The van der Waals surface area contributed by atoms with Crippen molar-refractivity contribution in [2.45, 2.75) is 25.3 Å². The number of hydrogen-bond acceptors (Lipinski definition) is 6. The first-order valence-corrected chi connectivity index (χ1v) is 8.73. The van der Waals surface area contributed by atoms with Crippen LogP contribution in [0.25, 0.3) is 0 Å². The summed E-state index contributed by atoms with van der Waals surface area (Å²) in [6.45, 7) is 0.601. The van der Waals surface area contributed by atoms with Crippen molar-refractivity contribution in [1.29, 1.82) is 0 Å². The minimum absolute atomic E-state index is 0.0580. The van der Waals surface area contributed by atoms with Crippen LogP contribution in [0, 0.1) is 0 Å². The van der Waals surface area contributed by atoms with E-state index in [1.807, 2.05) is 30.3 Å². The summed E-state index contributed by atoms with van der Waals surface area (Å²) in [6.07, 6.45) is 1.20. The van der Waals surface area contributed by atoms with Gasteiger partial charge in [0, 0.05) is 19.2 Å². The number of rotatable bonds is 6. The molecule has 0 spiro atoms. The average molecular weight is 371 g/mol. The molecule has 2 aromatic rings. The summed E-state index contributed by atoms with van der Waals surface area (Å²) in [5.41, 5.74) is 1.83. The first kappa shape index (κ1) is 18.6. The highest BCUT2D eigenvalue weighted by atomic mass is 16.5. The van der Waals surface area contributed by atoms with Crippen LogP contribution in [0.1, 0.15) is 28.2 Å². The molecule has 1 saturated heterocycles. The molecular weight excluding hydrogens is 350 g/mol. The Labute approximate surface area is 156 Å². The van der Waals surface area contributed by atoms with Gasteiger partial charge in [-0.15, -0.1) is 0 Å². The quantitative estimate of drug-likeness (QED) is 0.759. The number of nitrogens with zero attached hydrogens (tertiary/aromatic N) is 2. The van der Waals surface area contributed by atoms with Crippen molar-refractivity contribution in [3.63, 3.8) is 0 Å². The summed E-state index contributed by atoms with van der Waals surface area (Å²) < 4.78 is 9.81. The molecule has 1 fully saturated rings. The number of ether oxygens (including phenoxy) is 1. The number of piperazine rings is 1. The van der Waals surface area contributed by atoms with Gasteiger partial charge in [-0.2, -0.15) is 0 Å². The Balaban J connectivity index is 1.68. The number of amides is 2. The topological polar surface area (TPSA) is 102 Å². The van der Waals surface area contributed by atoms with Gasteiger partial charge in [0.2, 0.25) is 11.7 Å². The zero-order valence-corrected chi connectivity index (χ0v) is 15.0. The van der Waals surface area contributed by atoms with Crippen molar-refractivity contribution >= 4 is 17.8 Å². The lowest BCUT2D eigenvalue weighted by molar-refractivity contribution is -0.145. The van der Waals surface area contributed by atoms with E-state index in [2.05, 4.69) is 15.2 Å². The fraction of sp³-hybridized carbons (Fsp3) is 0.368. The minimum Gasteiger partial charge on any atom is -0.469 e. The number of carbonyl (C=O) groups is 3. The second-order valence-corrected chi connectivity index (χ2v) is 6.25. The van der Waals surface area contributed by atoms with Gasteiger partial charge in [0.15, 0.2) is 0 Å². The normalized spacial score (nSPS) is 16.7. The largest absolute Gasteiger partial charge is 0.469 e. The van der Waals surface area contributed by atoms with E-state index in [1.54, 1.807) is 6.07 Å². The molecule has 0 radical (unpaired) electrons. The van der Waals surface area contributed by atoms with E-state index in [0.29, 0.717) is 18.7 Å². The molecule has 1 N–H and O–H groups in total. The summed E-state index contributed by atoms with van der Waals surface area (Å²) in [7, 11) is 1.24. The van der Waals surface area contributed by atoms with Gasteiger partial charge in [0.1, 0.15) is 6.04 Å². The Hall–Kier alpha value is -3.16. The third-order valence-corrected chi connectivity index (χ3v) is 4.46. The molecule has 1 aromatic carbocycles. The molecule has 8 heteroatoms. The van der Waals surface area contributed by atoms with Crippen LogP contribution in [0.3, 0.4) is 0 Å². The fourth-order valence-electron chi connectivity index (χ4n) is 2.99. The first-order valence-electron chi connectivity index (χ1n) is 8.73. The molecule has 142 valence electrons. The molecule has 0 aliphatic carbocycles. The lowest BCUT2D eigenvalue weighted by atomic mass is 10.1. The average Bonchev–Trinajstić information content (AvgIpc) is 3.17. The lowest BCUT2D eigenvalue weighted by Crippen LogP contribution is -2.57. The van der Waals surface area contributed by atoms with Crippen LogP contribution in [0.5, 0.6) is 0 Å². The molecule has 0 saturated carbocycles. The lowest BCUT2D eigenvalue weighted by Gasteiger charge is -2.33. The van der Waals surface area contributed by atoms with Gasteiger partial charge in [-0.05, 0) is 18.4 Å². The molecule has 0 unspecified atom stereocenters. The smallest absolute Gasteiger partial charge is 0.308 e. The van der Waals surface area contributed by atoms with Crippen LogP contribution in [0.2, 0.25) is 0 Å². The summed E-state index contributed by atoms with van der Waals surface area (Å²) in [5, 5.41) is 6.61. The SMILES string of the molecule is COC(=O)C[C@@H]1C(=O)NCCN1C(=O)c1cc(CCc2ccccc2)no1. The standard InChI is InChI=1S/C19H21N3O5/c1-26-17(23)12-15-18(24)20-9-10-22(15)19(25)16-11-14(21-27-16)8-7-13-5-3-2-4-6-13/h2-6,11,15H,7-10,12H2,1H3,(H,20,24)/t15-/m1/s1. The number of aryl methyl sites for hydroxylation is 2. The highest BCUT2D eigenvalue weighted by Gasteiger charge is 2.36. The maximum absolute atomic E-state index is 12.8. The Bertz CT molecular complexity index is 818. The first-order chi connectivity index (χ1) is 13.1. The van der Waals surface area contributed by atoms with E-state index < -0.39 is 17.9 Å². The van der Waals surface area contributed by atoms with Crippen molar-refractivity contribution in [2.24, 2.45) is 0 Å². The third kappa shape index (κ3) is 4.52. The number of carbonyl (C=O) groups excluding carboxylic acids is 3. The monoisotopic (exact) mass is 371 g/mol. The molecule has 2 heterocycles. The van der Waals surface area contributed by atoms with E-state index in [1.165, 1.54) is 17.6 Å². The van der Waals surface area contributed by atoms with Crippen LogP contribution >= 0.6 is 0 Å². The molecule has 1 atom stereocenters. The minimum atomic E-state index is -0.920. The van der Waals surface area contributed by atoms with E-state index in [0.717, 1.165) is 6.42 Å². The Morgan fingerprint density at radius 3 is 2.81 bits per heavy atom. The van der Waals surface area contributed by atoms with Crippen LogP contribution in [0.15, 0.2) is 40.9 Å². The van der Waals surface area contributed by atoms with Gasteiger partial charge in [-0.1, -0.05) is 35.5 Å². The number of aromatic nitrogens is 1. The van der Waals surface area contributed by atoms with Crippen molar-refractivity contribution in [3.05, 3.63) is 53.4 Å². The van der Waals surface area contributed by atoms with Crippen LogP contribution in [-0.2, 0) is 27.2 Å². The van der Waals surface area contributed by atoms with Crippen molar-refractivity contribution in [2.75, 3.05) is 20.2 Å². The van der Waals surface area contributed by atoms with E-state index in [-0.39, 0.29) is 24.6 Å². The molecule has 1 aromatic heterocycles. The fourth-order valence-corrected chi connectivity index (χ4v) is 2.99. The number of nitrogens with one attached hydrogen (secondary N) is 1. The van der Waals surface area contributed by atoms with Gasteiger partial charge in [0.05, 0.1) is 19.2 Å². The van der Waals surface area contributed by atoms with Crippen molar-refractivity contribution < 1.29 is 23.6 Å². The number of methoxy groups -OCH3 is 1. The summed E-state index contributed by atoms with van der Waals surface area (Å²) in [5.74, 6) is -1.35. The van der Waals surface area contributed by atoms with E-state index in [4.69, 9.17) is 4.52 Å². The molecule has 2 amide bonds. The van der Waals surface area contributed by atoms with Crippen molar-refractivity contribution in [3.8, 4) is 0 Å². The zero-order chi connectivity index (χ0) is 19.2. The van der Waals surface area contributed by atoms with Gasteiger partial charge in [0.25, 0.3) is 5.91 Å². The molecule has 8 nitrogen and oxygen atoms in total. The molecule has 27 heavy (non-hydrogen) atoms. The van der Waals surface area contributed by atoms with Crippen molar-refractivity contribution in [1.82, 2.24) is 15.4 Å². The second kappa shape index (κ2) is 8.48. The van der Waals surface area contributed by atoms with E-state index in [9.17, 15) is 14.4 Å². The van der Waals surface area contributed by atoms with E-state index >= 15 is 0 Å². The number of hydrogen-bond donors (Lipinski definition) is 1. The van der Waals surface area contributed by atoms with Crippen LogP contribution in [-0.4, -0.2) is 54.1 Å². The zero-order valence-electron chi connectivity index (χ0n) is 15.0. The highest BCUT2D eigenvalue weighted by molar-refractivity contribution is 5.97. The predicted molar refractivity (Wildman–Crippen MR) is 94.8 cm³/mol. The number of benzene rings is 1. The molecule has 1 aliphatic rings. The molecular formula is C19H21N3O5. The third-order valence-electron chi connectivity index (χ3n) is 4.46. The maximum Gasteiger partial charge on any atom is 0.308 e. The van der Waals surface area contributed by atoms with Gasteiger partial charge < -0.3 is 19.5 Å². The Kier molecular flexibility index (Phi) is 5.85. The molecule has 0 bridgehead atoms. The molecule has 3 rings (SSSR count). The van der Waals surface area contributed by atoms with Crippen LogP contribution < -0.4 is 5.32 Å². The summed E-state index contributed by atoms with van der Waals surface area (Å²) in [6, 6.07) is 10.6. The van der Waals surface area contributed by atoms with Gasteiger partial charge in [-0.3, -0.25) is 14.4 Å². The summed E-state index contributed by atoms with van der Waals surface area (Å²) in [4.78, 5) is 37.8. The van der Waals surface area contributed by atoms with Gasteiger partial charge >= 0.3 is 5.97 Å². The van der Waals surface area contributed by atoms with Crippen LogP contribution in [0.4, 0.5) is 0 Å². The predicted octanol–water partition coefficient (Wildman–Crippen LogP) is 0.964. The maximum atomic E-state index is 12.8. The van der Waals surface area contributed by atoms with Gasteiger partial charge in [-0.25, -0.2) is 0 Å². The summed E-state index contributed by atoms with van der Waals surface area (Å²) >= 11 is 0. The Morgan fingerprint density at radius 2 is 2.07 bits per heavy atom. The second-order valence-electron chi connectivity index (χ2n) is 6.25. The highest BCUT2D eigenvalue weighted by Crippen LogP contribution is 2.16. The molecule has 1 aliphatic heterocycles. The number of esters is 1.